The average molecular weight is 318 g/mol. The van der Waals surface area contributed by atoms with Crippen LogP contribution in [0.15, 0.2) is 12.1 Å². The van der Waals surface area contributed by atoms with E-state index in [1.807, 2.05) is 6.92 Å². The molecule has 0 aromatic carbocycles. The van der Waals surface area contributed by atoms with E-state index in [0.717, 1.165) is 32.1 Å². The standard InChI is InChI=1S/C18H34O4/c1-2-3-10-13-16(19)17(20)14-11-8-6-4-5-7-9-12-15-18(21)22/h8,11,16-17,19-20H,2-7,9-10,12-15H2,1H3,(H,21,22)/b11-8-/i8D,11D,16D,17D. The number of carboxylic acids is 1. The Labute approximate surface area is 140 Å². The molecule has 4 heteroatoms. The zero-order valence-corrected chi connectivity index (χ0v) is 13.7. The normalized spacial score (nSPS) is 20.7. The molecule has 2 unspecified atom stereocenters. The second kappa shape index (κ2) is 15.0. The first-order chi connectivity index (χ1) is 12.0. The summed E-state index contributed by atoms with van der Waals surface area (Å²) in [7, 11) is 0. The van der Waals surface area contributed by atoms with Crippen molar-refractivity contribution in [1.29, 1.82) is 0 Å². The molecule has 0 aromatic rings. The number of hydrogen-bond acceptors (Lipinski definition) is 3. The summed E-state index contributed by atoms with van der Waals surface area (Å²) in [5.41, 5.74) is 0. The quantitative estimate of drug-likeness (QED) is 0.314. The fraction of sp³-hybridized carbons (Fsp3) is 0.833. The summed E-state index contributed by atoms with van der Waals surface area (Å²) in [4.78, 5) is 10.4. The summed E-state index contributed by atoms with van der Waals surface area (Å²) in [6.07, 6.45) is 1.03. The van der Waals surface area contributed by atoms with E-state index in [-0.39, 0.29) is 24.9 Å². The van der Waals surface area contributed by atoms with Gasteiger partial charge in [0.15, 0.2) is 0 Å². The molecular formula is C18H34O4. The molecule has 0 fully saturated rings. The van der Waals surface area contributed by atoms with Gasteiger partial charge in [-0.25, -0.2) is 0 Å². The van der Waals surface area contributed by atoms with Gasteiger partial charge in [0.05, 0.1) is 17.6 Å². The number of carbonyl (C=O) groups is 1. The smallest absolute Gasteiger partial charge is 0.303 e. The molecular weight excluding hydrogens is 280 g/mol. The summed E-state index contributed by atoms with van der Waals surface area (Å²) < 4.78 is 31.4. The molecule has 0 radical (unpaired) electrons. The van der Waals surface area contributed by atoms with E-state index in [2.05, 4.69) is 0 Å². The van der Waals surface area contributed by atoms with Crippen LogP contribution in [0.1, 0.15) is 89.5 Å². The summed E-state index contributed by atoms with van der Waals surface area (Å²) in [6, 6.07) is -0.222. The van der Waals surface area contributed by atoms with Crippen molar-refractivity contribution >= 4 is 5.97 Å². The Kier molecular flexibility index (Phi) is 10.1. The lowest BCUT2D eigenvalue weighted by Crippen LogP contribution is -2.25. The molecule has 3 N–H and O–H groups in total. The molecule has 0 aromatic heterocycles. The van der Waals surface area contributed by atoms with Crippen LogP contribution in [0, 0.1) is 0 Å². The van der Waals surface area contributed by atoms with Gasteiger partial charge in [0.25, 0.3) is 0 Å². The first-order valence-corrected chi connectivity index (χ1v) is 8.35. The molecule has 0 aliphatic heterocycles. The minimum Gasteiger partial charge on any atom is -0.481 e. The van der Waals surface area contributed by atoms with Gasteiger partial charge < -0.3 is 15.3 Å². The molecule has 4 nitrogen and oxygen atoms in total. The van der Waals surface area contributed by atoms with Crippen molar-refractivity contribution in [2.24, 2.45) is 0 Å². The molecule has 0 spiro atoms. The van der Waals surface area contributed by atoms with Crippen LogP contribution in [-0.4, -0.2) is 33.4 Å². The van der Waals surface area contributed by atoms with E-state index in [0.29, 0.717) is 25.7 Å². The van der Waals surface area contributed by atoms with Gasteiger partial charge in [-0.2, -0.15) is 0 Å². The molecule has 2 atom stereocenters. The van der Waals surface area contributed by atoms with Crippen molar-refractivity contribution in [2.75, 3.05) is 0 Å². The Hall–Kier alpha value is -0.870. The average Bonchev–Trinajstić information content (AvgIpc) is 2.52. The first kappa shape index (κ1) is 14.7. The maximum absolute atomic E-state index is 10.4. The zero-order valence-electron chi connectivity index (χ0n) is 17.7. The Balaban J connectivity index is 4.33. The Morgan fingerprint density at radius 2 is 1.73 bits per heavy atom. The van der Waals surface area contributed by atoms with E-state index < -0.39 is 24.6 Å². The van der Waals surface area contributed by atoms with Gasteiger partial charge in [0.1, 0.15) is 0 Å². The van der Waals surface area contributed by atoms with Crippen LogP contribution < -0.4 is 0 Å². The molecule has 0 bridgehead atoms. The summed E-state index contributed by atoms with van der Waals surface area (Å²) in [5.74, 6) is -0.799. The van der Waals surface area contributed by atoms with Crippen molar-refractivity contribution < 1.29 is 25.6 Å². The predicted octanol–water partition coefficient (Wildman–Crippen LogP) is 4.05. The first-order valence-electron chi connectivity index (χ1n) is 10.3. The minimum absolute atomic E-state index is 0.00516. The van der Waals surface area contributed by atoms with E-state index in [4.69, 9.17) is 10.6 Å². The maximum atomic E-state index is 10.4. The predicted molar refractivity (Wildman–Crippen MR) is 89.9 cm³/mol. The molecule has 130 valence electrons. The number of unbranched alkanes of at least 4 members (excludes halogenated alkanes) is 6. The van der Waals surface area contributed by atoms with Crippen molar-refractivity contribution in [3.8, 4) is 0 Å². The van der Waals surface area contributed by atoms with Crippen LogP contribution >= 0.6 is 0 Å². The third-order valence-corrected chi connectivity index (χ3v) is 3.42. The third kappa shape index (κ3) is 14.1. The van der Waals surface area contributed by atoms with Gasteiger partial charge in [-0.15, -0.1) is 0 Å². The number of carboxylic acid groups (broad SMARTS) is 1. The van der Waals surface area contributed by atoms with E-state index in [1.165, 1.54) is 0 Å². The molecule has 0 amide bonds. The van der Waals surface area contributed by atoms with E-state index in [1.54, 1.807) is 0 Å². The number of rotatable bonds is 15. The maximum Gasteiger partial charge on any atom is 0.303 e. The number of aliphatic carboxylic acids is 1. The van der Waals surface area contributed by atoms with Crippen molar-refractivity contribution in [1.82, 2.24) is 0 Å². The van der Waals surface area contributed by atoms with E-state index >= 15 is 0 Å². The highest BCUT2D eigenvalue weighted by Crippen LogP contribution is 2.11. The SMILES string of the molecule is [2H]/C(CCCCCCCC(=O)O)=C(\[2H])CC([2H])(O)C([2H])(O)CCCCC. The lowest BCUT2D eigenvalue weighted by molar-refractivity contribution is -0.137. The molecule has 0 heterocycles. The monoisotopic (exact) mass is 318 g/mol. The van der Waals surface area contributed by atoms with E-state index in [9.17, 15) is 15.0 Å². The highest BCUT2D eigenvalue weighted by atomic mass is 16.4. The Morgan fingerprint density at radius 1 is 1.05 bits per heavy atom. The minimum atomic E-state index is -2.51. The van der Waals surface area contributed by atoms with Crippen molar-refractivity contribution in [3.05, 3.63) is 12.1 Å². The lowest BCUT2D eigenvalue weighted by Gasteiger charge is -2.15. The van der Waals surface area contributed by atoms with Gasteiger partial charge in [-0.3, -0.25) is 4.79 Å². The lowest BCUT2D eigenvalue weighted by atomic mass is 10.0. The van der Waals surface area contributed by atoms with Gasteiger partial charge in [0.2, 0.25) is 0 Å². The summed E-state index contributed by atoms with van der Waals surface area (Å²) in [6.45, 7) is 1.97. The summed E-state index contributed by atoms with van der Waals surface area (Å²) in [5, 5.41) is 28.7. The number of hydrogen-bond donors (Lipinski definition) is 3. The van der Waals surface area contributed by atoms with Crippen LogP contribution in [0.2, 0.25) is 0 Å². The highest BCUT2D eigenvalue weighted by molar-refractivity contribution is 5.66. The third-order valence-electron chi connectivity index (χ3n) is 3.42. The molecule has 0 saturated heterocycles. The van der Waals surface area contributed by atoms with Gasteiger partial charge in [-0.1, -0.05) is 57.6 Å². The zero-order chi connectivity index (χ0) is 20.2. The number of allylic oxidation sites excluding steroid dienone is 1. The topological polar surface area (TPSA) is 77.8 Å². The molecule has 0 aliphatic rings. The number of aliphatic hydroxyl groups is 2. The van der Waals surface area contributed by atoms with Crippen LogP contribution in [0.4, 0.5) is 0 Å². The van der Waals surface area contributed by atoms with Crippen LogP contribution in [0.25, 0.3) is 0 Å². The van der Waals surface area contributed by atoms with Gasteiger partial charge in [-0.05, 0) is 32.1 Å². The Bertz CT molecular complexity index is 450. The van der Waals surface area contributed by atoms with Crippen molar-refractivity contribution in [2.45, 2.75) is 96.1 Å². The fourth-order valence-corrected chi connectivity index (χ4v) is 2.04. The second-order valence-electron chi connectivity index (χ2n) is 5.54. The van der Waals surface area contributed by atoms with Crippen LogP contribution in [0.5, 0.6) is 0 Å². The summed E-state index contributed by atoms with van der Waals surface area (Å²) >= 11 is 0. The largest absolute Gasteiger partial charge is 0.481 e. The molecule has 22 heavy (non-hydrogen) atoms. The van der Waals surface area contributed by atoms with Crippen molar-refractivity contribution in [3.63, 3.8) is 0 Å². The van der Waals surface area contributed by atoms with Crippen LogP contribution in [-0.2, 0) is 4.79 Å². The Morgan fingerprint density at radius 3 is 2.41 bits per heavy atom. The molecule has 0 saturated carbocycles. The van der Waals surface area contributed by atoms with Gasteiger partial charge in [0, 0.05) is 6.42 Å². The second-order valence-corrected chi connectivity index (χ2v) is 5.54. The van der Waals surface area contributed by atoms with Gasteiger partial charge >= 0.3 is 5.97 Å². The van der Waals surface area contributed by atoms with Crippen LogP contribution in [0.3, 0.4) is 0 Å². The fourth-order valence-electron chi connectivity index (χ4n) is 2.04. The highest BCUT2D eigenvalue weighted by Gasteiger charge is 2.13. The molecule has 0 aliphatic carbocycles. The molecule has 0 rings (SSSR count).